The number of hydrogen-bond donors (Lipinski definition) is 3. The van der Waals surface area contributed by atoms with Crippen LogP contribution in [-0.4, -0.2) is 69.8 Å². The quantitative estimate of drug-likeness (QED) is 0.294. The number of halogens is 1. The highest BCUT2D eigenvalue weighted by molar-refractivity contribution is 8.24. The van der Waals surface area contributed by atoms with E-state index in [1.54, 1.807) is 18.0 Å². The number of aromatic nitrogens is 1. The van der Waals surface area contributed by atoms with Crippen molar-refractivity contribution in [3.05, 3.63) is 18.1 Å². The van der Waals surface area contributed by atoms with Gasteiger partial charge in [0.25, 0.3) is 0 Å². The molecule has 0 bridgehead atoms. The second kappa shape index (κ2) is 8.17. The highest BCUT2D eigenvalue weighted by atomic mass is 32.3. The van der Waals surface area contributed by atoms with Crippen molar-refractivity contribution in [1.29, 1.82) is 5.26 Å². The number of ether oxygens (including phenoxy) is 1. The molecule has 2 fully saturated rings. The van der Waals surface area contributed by atoms with Gasteiger partial charge in [-0.25, -0.2) is 14.2 Å². The van der Waals surface area contributed by atoms with Gasteiger partial charge in [0.1, 0.15) is 11.9 Å². The molecule has 12 heteroatoms. The van der Waals surface area contributed by atoms with E-state index in [1.165, 1.54) is 17.2 Å². The van der Waals surface area contributed by atoms with Crippen molar-refractivity contribution in [3.63, 3.8) is 0 Å². The van der Waals surface area contributed by atoms with Crippen LogP contribution in [0.1, 0.15) is 6.92 Å². The van der Waals surface area contributed by atoms with Crippen LogP contribution in [0.15, 0.2) is 17.3 Å². The van der Waals surface area contributed by atoms with E-state index in [0.29, 0.717) is 18.9 Å². The second-order valence-corrected chi connectivity index (χ2v) is 8.90. The predicted octanol–water partition coefficient (Wildman–Crippen LogP) is 1.61. The molecule has 0 radical (unpaired) electrons. The number of anilines is 2. The maximum Gasteiger partial charge on any atom is 0.414 e. The summed E-state index contributed by atoms with van der Waals surface area (Å²) < 4.78 is 39.1. The molecule has 0 saturated carbocycles. The fourth-order valence-corrected chi connectivity index (χ4v) is 4.16. The number of rotatable bonds is 4. The number of nitriles is 1. The van der Waals surface area contributed by atoms with Gasteiger partial charge in [-0.3, -0.25) is 24.3 Å². The van der Waals surface area contributed by atoms with Gasteiger partial charge < -0.3 is 9.64 Å². The fraction of sp³-hybridized carbons (Fsp3) is 0.500. The number of amides is 1. The molecular weight excluding hydrogens is 391 g/mol. The minimum absolute atomic E-state index is 0.116. The minimum atomic E-state index is -2.58. The smallest absolute Gasteiger partial charge is 0.414 e. The lowest BCUT2D eigenvalue weighted by Crippen LogP contribution is -2.39. The summed E-state index contributed by atoms with van der Waals surface area (Å²) in [5.74, 6) is 0.282. The molecule has 3 rings (SSSR count). The van der Waals surface area contributed by atoms with Gasteiger partial charge in [-0.05, 0) is 6.92 Å². The number of nitrogens with zero attached hydrogens (tertiary/aromatic N) is 5. The number of cyclic esters (lactones) is 1. The van der Waals surface area contributed by atoms with E-state index in [-0.39, 0.29) is 36.1 Å². The first-order valence-corrected chi connectivity index (χ1v) is 10.5. The van der Waals surface area contributed by atoms with Crippen molar-refractivity contribution in [2.75, 3.05) is 47.5 Å². The molecule has 1 aromatic rings. The molecule has 1 aromatic heterocycles. The lowest BCUT2D eigenvalue weighted by molar-refractivity contribution is 0.145. The Morgan fingerprint density at radius 1 is 1.54 bits per heavy atom. The van der Waals surface area contributed by atoms with Crippen molar-refractivity contribution in [3.8, 4) is 6.19 Å². The Morgan fingerprint density at radius 2 is 2.25 bits per heavy atom. The summed E-state index contributed by atoms with van der Waals surface area (Å²) in [6.45, 7) is 2.58. The van der Waals surface area contributed by atoms with Crippen molar-refractivity contribution >= 4 is 34.0 Å². The van der Waals surface area contributed by atoms with E-state index in [4.69, 9.17) is 10.00 Å². The Bertz CT molecular complexity index is 820. The molecule has 0 aliphatic carbocycles. The first-order chi connectivity index (χ1) is 13.3. The number of hydrogen-bond acceptors (Lipinski definition) is 8. The van der Waals surface area contributed by atoms with Crippen molar-refractivity contribution < 1.29 is 23.0 Å². The van der Waals surface area contributed by atoms with E-state index >= 15 is 0 Å². The van der Waals surface area contributed by atoms with Gasteiger partial charge in [0, 0.05) is 19.2 Å². The van der Waals surface area contributed by atoms with Gasteiger partial charge in [0.15, 0.2) is 17.8 Å². The van der Waals surface area contributed by atoms with Gasteiger partial charge in [-0.15, -0.1) is 0 Å². The monoisotopic (exact) mass is 412 g/mol. The zero-order valence-corrected chi connectivity index (χ0v) is 16.0. The maximum atomic E-state index is 14.6. The first kappa shape index (κ1) is 20.1. The SMILES string of the molecule is CC(=NC[C@H]1CN(c2cnc(N3CCS(O)(O)CC3)c(F)c2)C(=O)O1)NC#N. The first-order valence-electron chi connectivity index (χ1n) is 8.57. The van der Waals surface area contributed by atoms with Crippen LogP contribution in [0.4, 0.5) is 20.7 Å². The van der Waals surface area contributed by atoms with Crippen molar-refractivity contribution in [2.24, 2.45) is 4.99 Å². The number of nitrogens with one attached hydrogen (secondary N) is 1. The largest absolute Gasteiger partial charge is 0.442 e. The van der Waals surface area contributed by atoms with Crippen LogP contribution >= 0.6 is 10.6 Å². The molecule has 2 saturated heterocycles. The third-order valence-corrected chi connectivity index (χ3v) is 6.11. The average molecular weight is 412 g/mol. The third kappa shape index (κ3) is 4.61. The number of pyridine rings is 1. The second-order valence-electron chi connectivity index (χ2n) is 6.48. The zero-order valence-electron chi connectivity index (χ0n) is 15.2. The van der Waals surface area contributed by atoms with Crippen LogP contribution in [0.3, 0.4) is 0 Å². The van der Waals surface area contributed by atoms with E-state index in [1.807, 2.05) is 0 Å². The lowest BCUT2D eigenvalue weighted by Gasteiger charge is -2.41. The Kier molecular flexibility index (Phi) is 5.87. The van der Waals surface area contributed by atoms with E-state index in [0.717, 1.165) is 0 Å². The van der Waals surface area contributed by atoms with Crippen molar-refractivity contribution in [1.82, 2.24) is 10.3 Å². The Morgan fingerprint density at radius 3 is 2.89 bits per heavy atom. The highest BCUT2D eigenvalue weighted by Gasteiger charge is 2.33. The molecule has 152 valence electrons. The molecule has 2 aliphatic rings. The number of aliphatic imine (C=N–C) groups is 1. The summed E-state index contributed by atoms with van der Waals surface area (Å²) in [5.41, 5.74) is 0.269. The number of carbonyl (C=O) groups excluding carboxylic acids is 1. The van der Waals surface area contributed by atoms with E-state index < -0.39 is 28.6 Å². The summed E-state index contributed by atoms with van der Waals surface area (Å²) in [4.78, 5) is 23.3. The minimum Gasteiger partial charge on any atom is -0.442 e. The molecule has 28 heavy (non-hydrogen) atoms. The third-order valence-electron chi connectivity index (χ3n) is 4.44. The van der Waals surface area contributed by atoms with Crippen LogP contribution in [0.25, 0.3) is 0 Å². The Labute approximate surface area is 163 Å². The van der Waals surface area contributed by atoms with Gasteiger partial charge in [-0.1, -0.05) is 0 Å². The summed E-state index contributed by atoms with van der Waals surface area (Å²) in [5, 5.41) is 10.9. The van der Waals surface area contributed by atoms with Gasteiger partial charge in [-0.2, -0.15) is 15.9 Å². The zero-order chi connectivity index (χ0) is 20.3. The summed E-state index contributed by atoms with van der Waals surface area (Å²) >= 11 is 0. The molecule has 3 N–H and O–H groups in total. The molecular formula is C16H21FN6O4S. The van der Waals surface area contributed by atoms with Crippen LogP contribution in [0.2, 0.25) is 0 Å². The summed E-state index contributed by atoms with van der Waals surface area (Å²) in [6, 6.07) is 1.21. The average Bonchev–Trinajstić information content (AvgIpc) is 3.01. The van der Waals surface area contributed by atoms with Gasteiger partial charge in [0.05, 0.1) is 36.5 Å². The predicted molar refractivity (Wildman–Crippen MR) is 103 cm³/mol. The summed E-state index contributed by atoms with van der Waals surface area (Å²) in [6.07, 6.45) is 2.00. The lowest BCUT2D eigenvalue weighted by atomic mass is 10.3. The standard InChI is InChI=1S/C16H21FN6O4S/c1-11(21-10-18)19-8-13-9-23(16(24)27-13)12-6-14(17)15(20-7-12)22-2-4-28(25,26)5-3-22/h6-7,13,25-26H,2-5,8-9H2,1H3,(H,19,21)/t13-/m0/s1. The topological polar surface area (TPSA) is 134 Å². The molecule has 1 amide bonds. The van der Waals surface area contributed by atoms with Crippen molar-refractivity contribution in [2.45, 2.75) is 13.0 Å². The molecule has 0 unspecified atom stereocenters. The fourth-order valence-electron chi connectivity index (χ4n) is 2.93. The van der Waals surface area contributed by atoms with Gasteiger partial charge >= 0.3 is 6.09 Å². The summed E-state index contributed by atoms with van der Waals surface area (Å²) in [7, 11) is -2.58. The van der Waals surface area contributed by atoms with Gasteiger partial charge in [0.2, 0.25) is 0 Å². The van der Waals surface area contributed by atoms with Crippen LogP contribution in [0.5, 0.6) is 0 Å². The normalized spacial score (nSPS) is 23.2. The molecule has 1 atom stereocenters. The molecule has 2 aliphatic heterocycles. The van der Waals surface area contributed by atoms with E-state index in [9.17, 15) is 18.3 Å². The highest BCUT2D eigenvalue weighted by Crippen LogP contribution is 2.41. The number of amidine groups is 1. The molecule has 0 aromatic carbocycles. The van der Waals surface area contributed by atoms with Crippen LogP contribution < -0.4 is 15.1 Å². The maximum absolute atomic E-state index is 14.6. The number of carbonyl (C=O) groups is 1. The van der Waals surface area contributed by atoms with E-state index in [2.05, 4.69) is 15.3 Å². The molecule has 3 heterocycles. The van der Waals surface area contributed by atoms with Crippen LogP contribution in [-0.2, 0) is 4.74 Å². The Balaban J connectivity index is 1.66. The molecule has 0 spiro atoms. The van der Waals surface area contributed by atoms with Crippen LogP contribution in [0, 0.1) is 17.3 Å². The molecule has 10 nitrogen and oxygen atoms in total. The Hall–Kier alpha value is -2.62.